The summed E-state index contributed by atoms with van der Waals surface area (Å²) < 4.78 is 5.29. The van der Waals surface area contributed by atoms with Crippen LogP contribution in [0.5, 0.6) is 5.75 Å². The number of amides is 1. The van der Waals surface area contributed by atoms with Crippen LogP contribution < -0.4 is 15.8 Å². The smallest absolute Gasteiger partial charge is 0.221 e. The molecule has 0 saturated heterocycles. The fraction of sp³-hybridized carbons (Fsp3) is 0.462. The summed E-state index contributed by atoms with van der Waals surface area (Å²) >= 11 is 0. The second-order valence-corrected chi connectivity index (χ2v) is 4.07. The molecule has 0 saturated carbocycles. The van der Waals surface area contributed by atoms with E-state index in [2.05, 4.69) is 5.32 Å². The molecule has 1 amide bonds. The molecule has 0 fully saturated rings. The Bertz CT molecular complexity index is 391. The van der Waals surface area contributed by atoms with E-state index in [0.717, 1.165) is 16.9 Å². The van der Waals surface area contributed by atoms with Crippen LogP contribution in [0.25, 0.3) is 0 Å². The van der Waals surface area contributed by atoms with Crippen molar-refractivity contribution >= 4 is 5.91 Å². The van der Waals surface area contributed by atoms with Crippen LogP contribution in [0.3, 0.4) is 0 Å². The number of benzene rings is 1. The SMILES string of the molecule is COc1ccc(C)cc1C(C)NC(=O)CCN. The molecule has 1 aromatic rings. The van der Waals surface area contributed by atoms with Gasteiger partial charge in [-0.2, -0.15) is 0 Å². The quantitative estimate of drug-likeness (QED) is 0.815. The third-order valence-corrected chi connectivity index (χ3v) is 2.60. The minimum absolute atomic E-state index is 0.0384. The highest BCUT2D eigenvalue weighted by Gasteiger charge is 2.13. The summed E-state index contributed by atoms with van der Waals surface area (Å²) in [4.78, 5) is 11.5. The van der Waals surface area contributed by atoms with E-state index in [1.54, 1.807) is 7.11 Å². The van der Waals surface area contributed by atoms with E-state index in [-0.39, 0.29) is 11.9 Å². The van der Waals surface area contributed by atoms with Gasteiger partial charge in [0.25, 0.3) is 0 Å². The summed E-state index contributed by atoms with van der Waals surface area (Å²) in [5.74, 6) is 0.750. The second kappa shape index (κ2) is 6.25. The molecule has 0 spiro atoms. The van der Waals surface area contributed by atoms with Gasteiger partial charge in [-0.05, 0) is 19.9 Å². The van der Waals surface area contributed by atoms with Gasteiger partial charge >= 0.3 is 0 Å². The fourth-order valence-corrected chi connectivity index (χ4v) is 1.71. The van der Waals surface area contributed by atoms with Gasteiger partial charge in [0.1, 0.15) is 5.75 Å². The largest absolute Gasteiger partial charge is 0.496 e. The molecular weight excluding hydrogens is 216 g/mol. The minimum atomic E-state index is -0.0797. The van der Waals surface area contributed by atoms with E-state index in [9.17, 15) is 4.79 Å². The molecule has 1 rings (SSSR count). The van der Waals surface area contributed by atoms with Crippen molar-refractivity contribution in [3.63, 3.8) is 0 Å². The van der Waals surface area contributed by atoms with Gasteiger partial charge < -0.3 is 15.8 Å². The van der Waals surface area contributed by atoms with Gasteiger partial charge in [0.15, 0.2) is 0 Å². The Morgan fingerprint density at radius 3 is 2.82 bits per heavy atom. The maximum atomic E-state index is 11.5. The summed E-state index contributed by atoms with van der Waals surface area (Å²) in [5, 5.41) is 2.90. The first-order chi connectivity index (χ1) is 8.08. The molecule has 1 aromatic carbocycles. The number of hydrogen-bond acceptors (Lipinski definition) is 3. The Morgan fingerprint density at radius 1 is 1.53 bits per heavy atom. The predicted molar refractivity (Wildman–Crippen MR) is 68.0 cm³/mol. The number of methoxy groups -OCH3 is 1. The Labute approximate surface area is 102 Å². The number of hydrogen-bond donors (Lipinski definition) is 2. The van der Waals surface area contributed by atoms with Crippen molar-refractivity contribution in [3.05, 3.63) is 29.3 Å². The molecule has 4 nitrogen and oxygen atoms in total. The summed E-state index contributed by atoms with van der Waals surface area (Å²) in [7, 11) is 1.63. The van der Waals surface area contributed by atoms with Gasteiger partial charge in [-0.25, -0.2) is 0 Å². The van der Waals surface area contributed by atoms with Crippen molar-refractivity contribution in [1.82, 2.24) is 5.32 Å². The average Bonchev–Trinajstić information content (AvgIpc) is 2.29. The number of nitrogens with one attached hydrogen (secondary N) is 1. The van der Waals surface area contributed by atoms with Crippen LogP contribution in [0.4, 0.5) is 0 Å². The van der Waals surface area contributed by atoms with Gasteiger partial charge in [-0.1, -0.05) is 17.7 Å². The molecule has 1 atom stereocenters. The summed E-state index contributed by atoms with van der Waals surface area (Å²) in [6.07, 6.45) is 0.346. The highest BCUT2D eigenvalue weighted by atomic mass is 16.5. The van der Waals surface area contributed by atoms with Crippen molar-refractivity contribution in [3.8, 4) is 5.75 Å². The molecule has 17 heavy (non-hydrogen) atoms. The highest BCUT2D eigenvalue weighted by Crippen LogP contribution is 2.25. The van der Waals surface area contributed by atoms with Crippen LogP contribution in [0, 0.1) is 6.92 Å². The number of rotatable bonds is 5. The number of carbonyl (C=O) groups is 1. The van der Waals surface area contributed by atoms with Crippen LogP contribution >= 0.6 is 0 Å². The van der Waals surface area contributed by atoms with Gasteiger partial charge in [0.2, 0.25) is 5.91 Å². The van der Waals surface area contributed by atoms with E-state index < -0.39 is 0 Å². The highest BCUT2D eigenvalue weighted by molar-refractivity contribution is 5.76. The van der Waals surface area contributed by atoms with Crippen LogP contribution in [0.2, 0.25) is 0 Å². The molecule has 0 aliphatic rings. The normalized spacial score (nSPS) is 12.0. The topological polar surface area (TPSA) is 64.3 Å². The minimum Gasteiger partial charge on any atom is -0.496 e. The van der Waals surface area contributed by atoms with Crippen molar-refractivity contribution < 1.29 is 9.53 Å². The monoisotopic (exact) mass is 236 g/mol. The first-order valence-corrected chi connectivity index (χ1v) is 5.72. The van der Waals surface area contributed by atoms with Crippen molar-refractivity contribution in [2.75, 3.05) is 13.7 Å². The molecule has 0 radical (unpaired) electrons. The summed E-state index contributed by atoms with van der Waals surface area (Å²) in [6.45, 7) is 4.31. The molecule has 4 heteroatoms. The molecule has 94 valence electrons. The molecule has 3 N–H and O–H groups in total. The molecule has 0 aliphatic heterocycles. The molecule has 0 aliphatic carbocycles. The van der Waals surface area contributed by atoms with Crippen LogP contribution in [0.15, 0.2) is 18.2 Å². The van der Waals surface area contributed by atoms with Gasteiger partial charge in [-0.3, -0.25) is 4.79 Å². The van der Waals surface area contributed by atoms with Crippen molar-refractivity contribution in [1.29, 1.82) is 0 Å². The first-order valence-electron chi connectivity index (χ1n) is 5.72. The van der Waals surface area contributed by atoms with Gasteiger partial charge in [0.05, 0.1) is 13.2 Å². The van der Waals surface area contributed by atoms with E-state index in [1.165, 1.54) is 0 Å². The third-order valence-electron chi connectivity index (χ3n) is 2.60. The molecule has 0 heterocycles. The van der Waals surface area contributed by atoms with E-state index in [0.29, 0.717) is 13.0 Å². The first kappa shape index (κ1) is 13.5. The van der Waals surface area contributed by atoms with Gasteiger partial charge in [-0.15, -0.1) is 0 Å². The van der Waals surface area contributed by atoms with Crippen LogP contribution in [-0.4, -0.2) is 19.6 Å². The van der Waals surface area contributed by atoms with E-state index >= 15 is 0 Å². The Balaban J connectivity index is 2.83. The van der Waals surface area contributed by atoms with Crippen molar-refractivity contribution in [2.24, 2.45) is 5.73 Å². The third kappa shape index (κ3) is 3.75. The number of carbonyl (C=O) groups excluding carboxylic acids is 1. The number of ether oxygens (including phenoxy) is 1. The zero-order chi connectivity index (χ0) is 12.8. The number of aryl methyl sites for hydroxylation is 1. The fourth-order valence-electron chi connectivity index (χ4n) is 1.71. The lowest BCUT2D eigenvalue weighted by Gasteiger charge is -2.17. The second-order valence-electron chi connectivity index (χ2n) is 4.07. The molecule has 0 bridgehead atoms. The Kier molecular flexibility index (Phi) is 4.97. The number of nitrogens with two attached hydrogens (primary N) is 1. The zero-order valence-corrected chi connectivity index (χ0v) is 10.6. The van der Waals surface area contributed by atoms with Crippen LogP contribution in [-0.2, 0) is 4.79 Å². The lowest BCUT2D eigenvalue weighted by atomic mass is 10.0. The summed E-state index contributed by atoms with van der Waals surface area (Å²) in [5.41, 5.74) is 7.46. The van der Waals surface area contributed by atoms with E-state index in [4.69, 9.17) is 10.5 Å². The Morgan fingerprint density at radius 2 is 2.24 bits per heavy atom. The molecular formula is C13H20N2O2. The maximum Gasteiger partial charge on any atom is 0.221 e. The van der Waals surface area contributed by atoms with Crippen molar-refractivity contribution in [2.45, 2.75) is 26.3 Å². The lowest BCUT2D eigenvalue weighted by Crippen LogP contribution is -2.28. The predicted octanol–water partition coefficient (Wildman–Crippen LogP) is 1.53. The standard InChI is InChI=1S/C13H20N2O2/c1-9-4-5-12(17-3)11(8-9)10(2)15-13(16)6-7-14/h4-5,8,10H,6-7,14H2,1-3H3,(H,15,16). The van der Waals surface area contributed by atoms with E-state index in [1.807, 2.05) is 32.0 Å². The summed E-state index contributed by atoms with van der Waals surface area (Å²) in [6, 6.07) is 5.84. The molecule has 0 aromatic heterocycles. The molecule has 1 unspecified atom stereocenters. The average molecular weight is 236 g/mol. The maximum absolute atomic E-state index is 11.5. The zero-order valence-electron chi connectivity index (χ0n) is 10.6. The van der Waals surface area contributed by atoms with Gasteiger partial charge in [0, 0.05) is 18.5 Å². The lowest BCUT2D eigenvalue weighted by molar-refractivity contribution is -0.121. The van der Waals surface area contributed by atoms with Crippen LogP contribution in [0.1, 0.15) is 30.5 Å². The Hall–Kier alpha value is -1.55.